The van der Waals surface area contributed by atoms with Gasteiger partial charge in [-0.2, -0.15) is 4.31 Å². The van der Waals surface area contributed by atoms with Crippen LogP contribution in [0.2, 0.25) is 0 Å². The van der Waals surface area contributed by atoms with Crippen LogP contribution in [-0.2, 0) is 14.8 Å². The Morgan fingerprint density at radius 2 is 1.95 bits per heavy atom. The molecule has 1 saturated heterocycles. The summed E-state index contributed by atoms with van der Waals surface area (Å²) < 4.78 is 42.3. The topological polar surface area (TPSA) is 66.9 Å². The van der Waals surface area contributed by atoms with Crippen LogP contribution in [0.4, 0.5) is 4.39 Å². The molecule has 0 atom stereocenters. The Kier molecular flexibility index (Phi) is 4.79. The molecule has 116 valence electrons. The Morgan fingerprint density at radius 3 is 2.52 bits per heavy atom. The van der Waals surface area contributed by atoms with Crippen molar-refractivity contribution in [3.8, 4) is 5.75 Å². The zero-order valence-electron chi connectivity index (χ0n) is 11.7. The number of sulfonamides is 1. The van der Waals surface area contributed by atoms with Gasteiger partial charge in [-0.1, -0.05) is 6.07 Å². The Hall–Kier alpha value is -1.67. The van der Waals surface area contributed by atoms with E-state index in [1.165, 1.54) is 22.5 Å². The Morgan fingerprint density at radius 1 is 1.29 bits per heavy atom. The van der Waals surface area contributed by atoms with Crippen molar-refractivity contribution in [2.24, 2.45) is 0 Å². The minimum Gasteiger partial charge on any atom is -0.484 e. The molecule has 1 aromatic carbocycles. The summed E-state index contributed by atoms with van der Waals surface area (Å²) in [5.74, 6) is -0.382. The molecule has 0 bridgehead atoms. The molecule has 0 spiro atoms. The fourth-order valence-corrected chi connectivity index (χ4v) is 2.89. The van der Waals surface area contributed by atoms with Gasteiger partial charge in [0.2, 0.25) is 10.0 Å². The molecule has 0 aliphatic carbocycles. The maximum Gasteiger partial charge on any atom is 0.260 e. The third-order valence-electron chi connectivity index (χ3n) is 3.22. The largest absolute Gasteiger partial charge is 0.484 e. The van der Waals surface area contributed by atoms with Crippen LogP contribution < -0.4 is 4.74 Å². The number of hydrogen-bond acceptors (Lipinski definition) is 4. The SMILES string of the molecule is CS(=O)(=O)N1CCN(C(=O)COc2cccc(F)c2)CC1. The molecule has 1 amide bonds. The van der Waals surface area contributed by atoms with Gasteiger partial charge < -0.3 is 9.64 Å². The van der Waals surface area contributed by atoms with Crippen molar-refractivity contribution < 1.29 is 22.3 Å². The molecule has 0 saturated carbocycles. The zero-order valence-corrected chi connectivity index (χ0v) is 12.5. The van der Waals surface area contributed by atoms with Crippen molar-refractivity contribution in [1.29, 1.82) is 0 Å². The van der Waals surface area contributed by atoms with Crippen molar-refractivity contribution >= 4 is 15.9 Å². The molecule has 21 heavy (non-hydrogen) atoms. The van der Waals surface area contributed by atoms with Gasteiger partial charge in [0.15, 0.2) is 6.61 Å². The number of carbonyl (C=O) groups excluding carboxylic acids is 1. The third kappa shape index (κ3) is 4.40. The lowest BCUT2D eigenvalue weighted by Gasteiger charge is -2.33. The van der Waals surface area contributed by atoms with Crippen molar-refractivity contribution in [2.75, 3.05) is 39.0 Å². The number of hydrogen-bond donors (Lipinski definition) is 0. The normalized spacial score (nSPS) is 16.8. The predicted octanol–water partition coefficient (Wildman–Crippen LogP) is 0.308. The summed E-state index contributed by atoms with van der Waals surface area (Å²) in [7, 11) is -3.21. The van der Waals surface area contributed by atoms with Crippen LogP contribution in [0.15, 0.2) is 24.3 Å². The van der Waals surface area contributed by atoms with E-state index in [4.69, 9.17) is 4.74 Å². The molecule has 0 radical (unpaired) electrons. The highest BCUT2D eigenvalue weighted by atomic mass is 32.2. The van der Waals surface area contributed by atoms with E-state index in [0.29, 0.717) is 13.1 Å². The first-order valence-electron chi connectivity index (χ1n) is 6.47. The van der Waals surface area contributed by atoms with Crippen LogP contribution in [0.1, 0.15) is 0 Å². The number of benzene rings is 1. The highest BCUT2D eigenvalue weighted by Gasteiger charge is 2.26. The van der Waals surface area contributed by atoms with Gasteiger partial charge in [-0.25, -0.2) is 12.8 Å². The molecule has 1 aliphatic rings. The molecule has 1 aliphatic heterocycles. The highest BCUT2D eigenvalue weighted by Crippen LogP contribution is 2.12. The second kappa shape index (κ2) is 6.40. The van der Waals surface area contributed by atoms with Crippen LogP contribution in [0.25, 0.3) is 0 Å². The predicted molar refractivity (Wildman–Crippen MR) is 74.9 cm³/mol. The van der Waals surface area contributed by atoms with E-state index < -0.39 is 15.8 Å². The van der Waals surface area contributed by atoms with E-state index in [1.807, 2.05) is 0 Å². The lowest BCUT2D eigenvalue weighted by Crippen LogP contribution is -2.51. The fourth-order valence-electron chi connectivity index (χ4n) is 2.06. The second-order valence-electron chi connectivity index (χ2n) is 4.79. The molecule has 6 nitrogen and oxygen atoms in total. The van der Waals surface area contributed by atoms with E-state index in [2.05, 4.69) is 0 Å². The van der Waals surface area contributed by atoms with Crippen LogP contribution >= 0.6 is 0 Å². The van der Waals surface area contributed by atoms with Gasteiger partial charge in [0.25, 0.3) is 5.91 Å². The van der Waals surface area contributed by atoms with Crippen molar-refractivity contribution in [2.45, 2.75) is 0 Å². The van der Waals surface area contributed by atoms with Crippen LogP contribution in [0.5, 0.6) is 5.75 Å². The van der Waals surface area contributed by atoms with Gasteiger partial charge in [0, 0.05) is 32.2 Å². The van der Waals surface area contributed by atoms with Crippen molar-refractivity contribution in [3.63, 3.8) is 0 Å². The van der Waals surface area contributed by atoms with Crippen LogP contribution in [0.3, 0.4) is 0 Å². The van der Waals surface area contributed by atoms with Gasteiger partial charge in [-0.05, 0) is 12.1 Å². The molecule has 0 aromatic heterocycles. The summed E-state index contributed by atoms with van der Waals surface area (Å²) in [6, 6.07) is 5.56. The van der Waals surface area contributed by atoms with Crippen LogP contribution in [-0.4, -0.2) is 62.6 Å². The van der Waals surface area contributed by atoms with Crippen molar-refractivity contribution in [1.82, 2.24) is 9.21 Å². The monoisotopic (exact) mass is 316 g/mol. The molecule has 1 fully saturated rings. The number of rotatable bonds is 4. The van der Waals surface area contributed by atoms with E-state index in [-0.39, 0.29) is 31.4 Å². The molecule has 0 N–H and O–H groups in total. The summed E-state index contributed by atoms with van der Waals surface area (Å²) in [6.07, 6.45) is 1.15. The smallest absolute Gasteiger partial charge is 0.260 e. The number of ether oxygens (including phenoxy) is 1. The molecular weight excluding hydrogens is 299 g/mol. The lowest BCUT2D eigenvalue weighted by atomic mass is 10.3. The second-order valence-corrected chi connectivity index (χ2v) is 6.77. The minimum absolute atomic E-state index is 0.192. The van der Waals surface area contributed by atoms with E-state index in [1.54, 1.807) is 11.0 Å². The first kappa shape index (κ1) is 15.7. The first-order valence-corrected chi connectivity index (χ1v) is 8.32. The number of carbonyl (C=O) groups is 1. The highest BCUT2D eigenvalue weighted by molar-refractivity contribution is 7.88. The number of piperazine rings is 1. The average Bonchev–Trinajstić information content (AvgIpc) is 2.44. The maximum atomic E-state index is 13.0. The van der Waals surface area contributed by atoms with Gasteiger partial charge in [-0.15, -0.1) is 0 Å². The molecule has 0 unspecified atom stereocenters. The fraction of sp³-hybridized carbons (Fsp3) is 0.462. The Bertz CT molecular complexity index is 612. The van der Waals surface area contributed by atoms with Crippen LogP contribution in [0, 0.1) is 5.82 Å². The summed E-state index contributed by atoms with van der Waals surface area (Å²) in [4.78, 5) is 13.5. The molecule has 1 aromatic rings. The zero-order chi connectivity index (χ0) is 15.5. The summed E-state index contributed by atoms with van der Waals surface area (Å²) in [5.41, 5.74) is 0. The average molecular weight is 316 g/mol. The van der Waals surface area contributed by atoms with E-state index >= 15 is 0 Å². The summed E-state index contributed by atoms with van der Waals surface area (Å²) >= 11 is 0. The van der Waals surface area contributed by atoms with Gasteiger partial charge >= 0.3 is 0 Å². The number of nitrogens with zero attached hydrogens (tertiary/aromatic N) is 2. The number of amides is 1. The molecule has 1 heterocycles. The quantitative estimate of drug-likeness (QED) is 0.802. The Labute approximate surface area is 123 Å². The summed E-state index contributed by atoms with van der Waals surface area (Å²) in [6.45, 7) is 1.04. The van der Waals surface area contributed by atoms with Gasteiger partial charge in [-0.3, -0.25) is 4.79 Å². The van der Waals surface area contributed by atoms with Crippen molar-refractivity contribution in [3.05, 3.63) is 30.1 Å². The molecule has 2 rings (SSSR count). The van der Waals surface area contributed by atoms with Gasteiger partial charge in [0.1, 0.15) is 11.6 Å². The van der Waals surface area contributed by atoms with E-state index in [0.717, 1.165) is 6.26 Å². The lowest BCUT2D eigenvalue weighted by molar-refractivity contribution is -0.134. The number of halogens is 1. The maximum absolute atomic E-state index is 13.0. The van der Waals surface area contributed by atoms with Gasteiger partial charge in [0.05, 0.1) is 6.26 Å². The van der Waals surface area contributed by atoms with E-state index in [9.17, 15) is 17.6 Å². The minimum atomic E-state index is -3.21. The molecular formula is C13H17FN2O4S. The molecule has 8 heteroatoms. The Balaban J connectivity index is 1.83. The third-order valence-corrected chi connectivity index (χ3v) is 4.52. The standard InChI is InChI=1S/C13H17FN2O4S/c1-21(18,19)16-7-5-15(6-8-16)13(17)10-20-12-4-2-3-11(14)9-12/h2-4,9H,5-8,10H2,1H3. The first-order chi connectivity index (χ1) is 9.86. The summed E-state index contributed by atoms with van der Waals surface area (Å²) in [5, 5.41) is 0.